The summed E-state index contributed by atoms with van der Waals surface area (Å²) in [6, 6.07) is 4.92. The molecule has 1 atom stereocenters. The van der Waals surface area contributed by atoms with Crippen LogP contribution in [0.3, 0.4) is 0 Å². The molecule has 0 bridgehead atoms. The first-order valence-electron chi connectivity index (χ1n) is 5.07. The van der Waals surface area contributed by atoms with E-state index in [1.54, 1.807) is 12.1 Å². The molecule has 0 heterocycles. The maximum Gasteiger partial charge on any atom is 0.123 e. The van der Waals surface area contributed by atoms with E-state index in [2.05, 4.69) is 28.3 Å². The standard InChI is InChI=1S/C11H16BrFN2/c1-2-3-10(15-14)7-8-6-9(13)4-5-11(8)12/h4-6,10,15H,2-3,7,14H2,1H3. The lowest BCUT2D eigenvalue weighted by molar-refractivity contribution is 0.484. The molecular formula is C11H16BrFN2. The highest BCUT2D eigenvalue weighted by Gasteiger charge is 2.09. The van der Waals surface area contributed by atoms with Gasteiger partial charge in [0.2, 0.25) is 0 Å². The largest absolute Gasteiger partial charge is 0.271 e. The minimum atomic E-state index is -0.208. The summed E-state index contributed by atoms with van der Waals surface area (Å²) in [5.74, 6) is 5.23. The molecule has 4 heteroatoms. The molecule has 0 saturated carbocycles. The molecule has 0 aromatic heterocycles. The first kappa shape index (κ1) is 12.6. The third kappa shape index (κ3) is 3.89. The Balaban J connectivity index is 2.73. The van der Waals surface area contributed by atoms with E-state index < -0.39 is 0 Å². The van der Waals surface area contributed by atoms with Crippen LogP contribution in [0.1, 0.15) is 25.3 Å². The van der Waals surface area contributed by atoms with Crippen molar-refractivity contribution in [2.24, 2.45) is 5.84 Å². The van der Waals surface area contributed by atoms with Crippen LogP contribution in [0, 0.1) is 5.82 Å². The van der Waals surface area contributed by atoms with Gasteiger partial charge in [-0.15, -0.1) is 0 Å². The van der Waals surface area contributed by atoms with Gasteiger partial charge in [-0.2, -0.15) is 0 Å². The second-order valence-electron chi connectivity index (χ2n) is 3.59. The molecule has 0 radical (unpaired) electrons. The lowest BCUT2D eigenvalue weighted by Crippen LogP contribution is -2.36. The molecule has 0 saturated heterocycles. The topological polar surface area (TPSA) is 38.0 Å². The molecule has 0 spiro atoms. The highest BCUT2D eigenvalue weighted by atomic mass is 79.9. The average Bonchev–Trinajstić information content (AvgIpc) is 2.22. The van der Waals surface area contributed by atoms with Gasteiger partial charge in [-0.05, 0) is 36.6 Å². The zero-order valence-electron chi connectivity index (χ0n) is 8.76. The van der Waals surface area contributed by atoms with Crippen molar-refractivity contribution >= 4 is 15.9 Å². The van der Waals surface area contributed by atoms with E-state index in [1.165, 1.54) is 6.07 Å². The molecule has 1 aromatic rings. The first-order valence-corrected chi connectivity index (χ1v) is 5.86. The number of hydrogen-bond acceptors (Lipinski definition) is 2. The molecular weight excluding hydrogens is 259 g/mol. The van der Waals surface area contributed by atoms with E-state index in [0.29, 0.717) is 0 Å². The molecule has 1 aromatic carbocycles. The van der Waals surface area contributed by atoms with Gasteiger partial charge >= 0.3 is 0 Å². The van der Waals surface area contributed by atoms with Crippen LogP contribution >= 0.6 is 15.9 Å². The Bertz CT molecular complexity index is 317. The van der Waals surface area contributed by atoms with E-state index in [-0.39, 0.29) is 11.9 Å². The van der Waals surface area contributed by atoms with Crippen molar-refractivity contribution in [3.05, 3.63) is 34.1 Å². The molecule has 1 unspecified atom stereocenters. The summed E-state index contributed by atoms with van der Waals surface area (Å²) in [6.07, 6.45) is 2.78. The fourth-order valence-corrected chi connectivity index (χ4v) is 1.97. The Morgan fingerprint density at radius 3 is 2.87 bits per heavy atom. The highest BCUT2D eigenvalue weighted by Crippen LogP contribution is 2.20. The molecule has 0 aliphatic carbocycles. The van der Waals surface area contributed by atoms with Gasteiger partial charge in [0.1, 0.15) is 5.82 Å². The molecule has 0 fully saturated rings. The van der Waals surface area contributed by atoms with Gasteiger partial charge in [0.15, 0.2) is 0 Å². The van der Waals surface area contributed by atoms with Crippen LogP contribution in [-0.4, -0.2) is 6.04 Å². The van der Waals surface area contributed by atoms with Crippen molar-refractivity contribution in [1.82, 2.24) is 5.43 Å². The average molecular weight is 275 g/mol. The minimum absolute atomic E-state index is 0.202. The summed E-state index contributed by atoms with van der Waals surface area (Å²) < 4.78 is 13.9. The van der Waals surface area contributed by atoms with Crippen molar-refractivity contribution in [3.63, 3.8) is 0 Å². The summed E-state index contributed by atoms with van der Waals surface area (Å²) in [5, 5.41) is 0. The summed E-state index contributed by atoms with van der Waals surface area (Å²) in [6.45, 7) is 2.10. The SMILES string of the molecule is CCCC(Cc1cc(F)ccc1Br)NN. The maximum atomic E-state index is 13.0. The van der Waals surface area contributed by atoms with Gasteiger partial charge in [0, 0.05) is 10.5 Å². The van der Waals surface area contributed by atoms with Crippen LogP contribution in [0.5, 0.6) is 0 Å². The molecule has 84 valence electrons. The number of hydrogen-bond donors (Lipinski definition) is 2. The maximum absolute atomic E-state index is 13.0. The van der Waals surface area contributed by atoms with Crippen LogP contribution in [-0.2, 0) is 6.42 Å². The second-order valence-corrected chi connectivity index (χ2v) is 4.45. The molecule has 0 amide bonds. The second kappa shape index (κ2) is 6.20. The minimum Gasteiger partial charge on any atom is -0.271 e. The van der Waals surface area contributed by atoms with Crippen molar-refractivity contribution in [2.75, 3.05) is 0 Å². The molecule has 0 aliphatic heterocycles. The Morgan fingerprint density at radius 2 is 2.27 bits per heavy atom. The fraction of sp³-hybridized carbons (Fsp3) is 0.455. The normalized spacial score (nSPS) is 12.8. The van der Waals surface area contributed by atoms with Gasteiger partial charge in [0.25, 0.3) is 0 Å². The lowest BCUT2D eigenvalue weighted by Gasteiger charge is -2.15. The molecule has 15 heavy (non-hydrogen) atoms. The van der Waals surface area contributed by atoms with Gasteiger partial charge in [-0.1, -0.05) is 29.3 Å². The number of nitrogens with one attached hydrogen (secondary N) is 1. The van der Waals surface area contributed by atoms with Crippen LogP contribution < -0.4 is 11.3 Å². The van der Waals surface area contributed by atoms with Crippen molar-refractivity contribution in [3.8, 4) is 0 Å². The predicted octanol–water partition coefficient (Wildman–Crippen LogP) is 2.76. The quantitative estimate of drug-likeness (QED) is 0.640. The monoisotopic (exact) mass is 274 g/mol. The first-order chi connectivity index (χ1) is 7.17. The number of rotatable bonds is 5. The lowest BCUT2D eigenvalue weighted by atomic mass is 10.0. The Hall–Kier alpha value is -0.450. The van der Waals surface area contributed by atoms with Crippen LogP contribution in [0.25, 0.3) is 0 Å². The van der Waals surface area contributed by atoms with Crippen LogP contribution in [0.2, 0.25) is 0 Å². The summed E-state index contributed by atoms with van der Waals surface area (Å²) in [5.41, 5.74) is 3.71. The van der Waals surface area contributed by atoms with Crippen molar-refractivity contribution in [1.29, 1.82) is 0 Å². The predicted molar refractivity (Wildman–Crippen MR) is 63.8 cm³/mol. The van der Waals surface area contributed by atoms with Crippen molar-refractivity contribution < 1.29 is 4.39 Å². The van der Waals surface area contributed by atoms with Crippen molar-refractivity contribution in [2.45, 2.75) is 32.2 Å². The number of benzene rings is 1. The van der Waals surface area contributed by atoms with E-state index in [1.807, 2.05) is 0 Å². The zero-order chi connectivity index (χ0) is 11.3. The smallest absolute Gasteiger partial charge is 0.123 e. The van der Waals surface area contributed by atoms with Crippen LogP contribution in [0.15, 0.2) is 22.7 Å². The molecule has 2 nitrogen and oxygen atoms in total. The Labute approximate surface area is 98.1 Å². The third-order valence-electron chi connectivity index (χ3n) is 2.35. The summed E-state index contributed by atoms with van der Waals surface area (Å²) in [7, 11) is 0. The van der Waals surface area contributed by atoms with E-state index >= 15 is 0 Å². The van der Waals surface area contributed by atoms with E-state index in [0.717, 1.165) is 29.3 Å². The van der Waals surface area contributed by atoms with Gasteiger partial charge in [0.05, 0.1) is 0 Å². The summed E-state index contributed by atoms with van der Waals surface area (Å²) in [4.78, 5) is 0. The fourth-order valence-electron chi connectivity index (χ4n) is 1.56. The highest BCUT2D eigenvalue weighted by molar-refractivity contribution is 9.10. The number of hydrazine groups is 1. The van der Waals surface area contributed by atoms with E-state index in [4.69, 9.17) is 5.84 Å². The van der Waals surface area contributed by atoms with Gasteiger partial charge in [-0.3, -0.25) is 11.3 Å². The van der Waals surface area contributed by atoms with Crippen LogP contribution in [0.4, 0.5) is 4.39 Å². The number of halogens is 2. The molecule has 3 N–H and O–H groups in total. The van der Waals surface area contributed by atoms with E-state index in [9.17, 15) is 4.39 Å². The van der Waals surface area contributed by atoms with Gasteiger partial charge in [-0.25, -0.2) is 4.39 Å². The zero-order valence-corrected chi connectivity index (χ0v) is 10.3. The third-order valence-corrected chi connectivity index (χ3v) is 3.12. The summed E-state index contributed by atoms with van der Waals surface area (Å²) >= 11 is 3.40. The number of nitrogens with two attached hydrogens (primary N) is 1. The van der Waals surface area contributed by atoms with Gasteiger partial charge < -0.3 is 0 Å². The Morgan fingerprint density at radius 1 is 1.53 bits per heavy atom. The molecule has 1 rings (SSSR count). The Kier molecular flexibility index (Phi) is 5.22. The molecule has 0 aliphatic rings.